The van der Waals surface area contributed by atoms with Crippen LogP contribution >= 0.6 is 23.5 Å². The Kier molecular flexibility index (Phi) is 7.91. The van der Waals surface area contributed by atoms with Gasteiger partial charge in [0.25, 0.3) is 0 Å². The maximum atomic E-state index is 14.1. The third kappa shape index (κ3) is 6.18. The average Bonchev–Trinajstić information content (AvgIpc) is 2.74. The average molecular weight is 537 g/mol. The standard InChI is InChI=1S/C25H24BrF2O4P/c1-17-10-12-21(29)16-22(17)20(14-18-6-3-2-4-7-18)9-5-8-19-11-13-23(24(26)15-19)25(27,28)33(30,31)32/h2-4,6-7,9-13,15-16,29H,5,8,14H2,1H3,(H2,30,31,32)/b20-9-. The molecule has 4 nitrogen and oxygen atoms in total. The minimum absolute atomic E-state index is 0.0503. The van der Waals surface area contributed by atoms with Gasteiger partial charge in [-0.2, -0.15) is 8.78 Å². The lowest BCUT2D eigenvalue weighted by molar-refractivity contribution is 0.0557. The summed E-state index contributed by atoms with van der Waals surface area (Å²) in [6.45, 7) is 1.98. The van der Waals surface area contributed by atoms with Crippen molar-refractivity contribution in [1.29, 1.82) is 0 Å². The molecule has 0 aliphatic rings. The van der Waals surface area contributed by atoms with Gasteiger partial charge in [-0.3, -0.25) is 4.57 Å². The van der Waals surface area contributed by atoms with Gasteiger partial charge in [0.15, 0.2) is 0 Å². The fourth-order valence-electron chi connectivity index (χ4n) is 3.58. The van der Waals surface area contributed by atoms with Crippen molar-refractivity contribution in [2.45, 2.75) is 31.8 Å². The summed E-state index contributed by atoms with van der Waals surface area (Å²) < 4.78 is 39.2. The Bertz CT molecular complexity index is 1210. The van der Waals surface area contributed by atoms with Crippen LogP contribution in [0.3, 0.4) is 0 Å². The Hall–Kier alpha value is -2.31. The highest BCUT2D eigenvalue weighted by atomic mass is 79.9. The molecule has 0 saturated heterocycles. The second-order valence-electron chi connectivity index (χ2n) is 7.83. The Balaban J connectivity index is 1.84. The van der Waals surface area contributed by atoms with Gasteiger partial charge >= 0.3 is 13.3 Å². The minimum atomic E-state index is -5.64. The topological polar surface area (TPSA) is 77.8 Å². The highest BCUT2D eigenvalue weighted by molar-refractivity contribution is 9.10. The van der Waals surface area contributed by atoms with Crippen LogP contribution in [-0.4, -0.2) is 14.9 Å². The zero-order valence-electron chi connectivity index (χ0n) is 17.9. The Labute approximate surface area is 199 Å². The molecule has 0 amide bonds. The first kappa shape index (κ1) is 25.3. The Morgan fingerprint density at radius 1 is 1.03 bits per heavy atom. The van der Waals surface area contributed by atoms with Gasteiger partial charge in [-0.15, -0.1) is 0 Å². The number of hydrogen-bond donors (Lipinski definition) is 3. The summed E-state index contributed by atoms with van der Waals surface area (Å²) in [6, 6.07) is 19.1. The molecule has 0 radical (unpaired) electrons. The summed E-state index contributed by atoms with van der Waals surface area (Å²) >= 11 is 3.03. The van der Waals surface area contributed by atoms with Gasteiger partial charge in [-0.1, -0.05) is 70.5 Å². The quantitative estimate of drug-likeness (QED) is 0.272. The first-order valence-corrected chi connectivity index (χ1v) is 12.6. The fraction of sp³-hybridized carbons (Fsp3) is 0.200. The smallest absolute Gasteiger partial charge is 0.399 e. The number of rotatable bonds is 8. The second-order valence-corrected chi connectivity index (χ2v) is 10.3. The van der Waals surface area contributed by atoms with Crippen LogP contribution < -0.4 is 0 Å². The lowest BCUT2D eigenvalue weighted by Crippen LogP contribution is -2.14. The molecular weight excluding hydrogens is 513 g/mol. The van der Waals surface area contributed by atoms with E-state index in [1.807, 2.05) is 43.3 Å². The summed E-state index contributed by atoms with van der Waals surface area (Å²) in [6.07, 6.45) is 3.89. The molecule has 3 aromatic rings. The van der Waals surface area contributed by atoms with Crippen LogP contribution in [-0.2, 0) is 23.1 Å². The minimum Gasteiger partial charge on any atom is -0.508 e. The van der Waals surface area contributed by atoms with Crippen LogP contribution in [0.4, 0.5) is 8.78 Å². The van der Waals surface area contributed by atoms with Crippen LogP contribution in [0, 0.1) is 6.92 Å². The van der Waals surface area contributed by atoms with E-state index in [2.05, 4.69) is 22.0 Å². The van der Waals surface area contributed by atoms with E-state index >= 15 is 0 Å². The van der Waals surface area contributed by atoms with Gasteiger partial charge in [-0.05, 0) is 72.2 Å². The zero-order valence-corrected chi connectivity index (χ0v) is 20.4. The van der Waals surface area contributed by atoms with Crippen molar-refractivity contribution < 1.29 is 28.2 Å². The number of hydrogen-bond acceptors (Lipinski definition) is 2. The Morgan fingerprint density at radius 3 is 2.36 bits per heavy atom. The molecule has 0 aromatic heterocycles. The monoisotopic (exact) mass is 536 g/mol. The molecule has 0 aliphatic heterocycles. The molecule has 0 aliphatic carbocycles. The van der Waals surface area contributed by atoms with Crippen LogP contribution in [0.15, 0.2) is 77.3 Å². The second kappa shape index (κ2) is 10.3. The van der Waals surface area contributed by atoms with Crippen molar-refractivity contribution in [3.05, 3.63) is 105 Å². The van der Waals surface area contributed by atoms with Crippen molar-refractivity contribution in [3.63, 3.8) is 0 Å². The molecule has 3 N–H and O–H groups in total. The maximum Gasteiger partial charge on any atom is 0.399 e. The number of phenolic OH excluding ortho intramolecular Hbond substituents is 1. The SMILES string of the molecule is Cc1ccc(O)cc1/C(=C\CCc1ccc(C(F)(F)P(=O)(O)O)c(Br)c1)Cc1ccccc1. The number of alkyl halides is 2. The number of benzene rings is 3. The molecule has 0 heterocycles. The number of allylic oxidation sites excluding steroid dienone is 2. The van der Waals surface area contributed by atoms with Gasteiger partial charge in [0.05, 0.1) is 0 Å². The third-order valence-corrected chi connectivity index (χ3v) is 6.98. The van der Waals surface area contributed by atoms with Gasteiger partial charge in [0, 0.05) is 10.0 Å². The third-order valence-electron chi connectivity index (χ3n) is 5.35. The van der Waals surface area contributed by atoms with E-state index in [1.54, 1.807) is 12.1 Å². The molecule has 174 valence electrons. The van der Waals surface area contributed by atoms with Crippen molar-refractivity contribution >= 4 is 29.1 Å². The van der Waals surface area contributed by atoms with Crippen molar-refractivity contribution in [2.24, 2.45) is 0 Å². The number of halogens is 3. The molecule has 3 rings (SSSR count). The van der Waals surface area contributed by atoms with Gasteiger partial charge in [0.2, 0.25) is 0 Å². The molecule has 0 atom stereocenters. The summed E-state index contributed by atoms with van der Waals surface area (Å²) in [7, 11) is -5.64. The number of aryl methyl sites for hydroxylation is 2. The van der Waals surface area contributed by atoms with E-state index in [0.717, 1.165) is 33.9 Å². The van der Waals surface area contributed by atoms with Crippen LogP contribution in [0.25, 0.3) is 5.57 Å². The maximum absolute atomic E-state index is 14.1. The van der Waals surface area contributed by atoms with E-state index in [-0.39, 0.29) is 10.2 Å². The zero-order chi connectivity index (χ0) is 24.2. The van der Waals surface area contributed by atoms with Gasteiger partial charge < -0.3 is 14.9 Å². The molecule has 0 bridgehead atoms. The van der Waals surface area contributed by atoms with Crippen LogP contribution in [0.5, 0.6) is 5.75 Å². The van der Waals surface area contributed by atoms with Crippen LogP contribution in [0.2, 0.25) is 0 Å². The summed E-state index contributed by atoms with van der Waals surface area (Å²) in [4.78, 5) is 18.0. The predicted molar refractivity (Wildman–Crippen MR) is 129 cm³/mol. The molecule has 3 aromatic carbocycles. The van der Waals surface area contributed by atoms with E-state index in [1.165, 1.54) is 12.1 Å². The van der Waals surface area contributed by atoms with Crippen molar-refractivity contribution in [2.75, 3.05) is 0 Å². The number of aromatic hydroxyl groups is 1. The summed E-state index contributed by atoms with van der Waals surface area (Å²) in [5.41, 5.74) is -0.125. The molecule has 0 saturated carbocycles. The fourth-order valence-corrected chi connectivity index (χ4v) is 4.91. The molecule has 8 heteroatoms. The van der Waals surface area contributed by atoms with Crippen molar-refractivity contribution in [1.82, 2.24) is 0 Å². The number of phenols is 1. The normalized spacial score (nSPS) is 12.7. The molecule has 0 unspecified atom stereocenters. The van der Waals surface area contributed by atoms with E-state index in [4.69, 9.17) is 9.79 Å². The largest absolute Gasteiger partial charge is 0.508 e. The van der Waals surface area contributed by atoms with E-state index in [0.29, 0.717) is 19.3 Å². The first-order valence-electron chi connectivity index (χ1n) is 10.2. The first-order chi connectivity index (χ1) is 15.5. The highest BCUT2D eigenvalue weighted by Gasteiger charge is 2.51. The highest BCUT2D eigenvalue weighted by Crippen LogP contribution is 2.60. The van der Waals surface area contributed by atoms with Gasteiger partial charge in [-0.25, -0.2) is 0 Å². The molecule has 0 fully saturated rings. The lowest BCUT2D eigenvalue weighted by atomic mass is 9.93. The van der Waals surface area contributed by atoms with E-state index < -0.39 is 18.8 Å². The van der Waals surface area contributed by atoms with Crippen molar-refractivity contribution in [3.8, 4) is 5.75 Å². The van der Waals surface area contributed by atoms with E-state index in [9.17, 15) is 18.5 Å². The summed E-state index contributed by atoms with van der Waals surface area (Å²) in [5.74, 6) is 0.181. The lowest BCUT2D eigenvalue weighted by Gasteiger charge is -2.19. The van der Waals surface area contributed by atoms with Gasteiger partial charge in [0.1, 0.15) is 5.75 Å². The molecule has 0 spiro atoms. The Morgan fingerprint density at radius 2 is 1.73 bits per heavy atom. The van der Waals surface area contributed by atoms with Crippen LogP contribution in [0.1, 0.15) is 34.2 Å². The predicted octanol–water partition coefficient (Wildman–Crippen LogP) is 6.95. The molecule has 33 heavy (non-hydrogen) atoms. The summed E-state index contributed by atoms with van der Waals surface area (Å²) in [5, 5.41) is 9.99. The molecular formula is C25H24BrF2O4P.